The lowest BCUT2D eigenvalue weighted by atomic mass is 9.53. The molecule has 2 heterocycles. The molecule has 2 unspecified atom stereocenters. The quantitative estimate of drug-likeness (QED) is 0.708. The Morgan fingerprint density at radius 2 is 2.00 bits per heavy atom. The predicted molar refractivity (Wildman–Crippen MR) is 106 cm³/mol. The van der Waals surface area contributed by atoms with Gasteiger partial charge in [0.2, 0.25) is 5.91 Å². The van der Waals surface area contributed by atoms with Gasteiger partial charge in [-0.3, -0.25) is 9.36 Å². The molecule has 8 heteroatoms. The van der Waals surface area contributed by atoms with Crippen LogP contribution in [0.5, 0.6) is 0 Å². The standard InChI is InChI=1S/C20H30N4O3S/c1-12(28-19-23-22-18(26)24(19)11-16-3-2-4-27-16)17(25)21-20-8-13-5-14(9-20)7-15(6-13)10-20/h12-16H,2-11H2,1H3,(H,21,25)(H,22,26). The highest BCUT2D eigenvalue weighted by Crippen LogP contribution is 2.55. The average molecular weight is 407 g/mol. The van der Waals surface area contributed by atoms with Crippen molar-refractivity contribution in [3.63, 3.8) is 0 Å². The molecule has 0 spiro atoms. The number of ether oxygens (including phenoxy) is 1. The van der Waals surface area contributed by atoms with Gasteiger partial charge in [-0.25, -0.2) is 9.89 Å². The van der Waals surface area contributed by atoms with E-state index in [-0.39, 0.29) is 28.5 Å². The molecular formula is C20H30N4O3S. The monoisotopic (exact) mass is 406 g/mol. The second kappa shape index (κ2) is 7.20. The molecule has 5 aliphatic rings. The molecule has 1 aliphatic heterocycles. The van der Waals surface area contributed by atoms with Crippen LogP contribution in [0.15, 0.2) is 9.95 Å². The summed E-state index contributed by atoms with van der Waals surface area (Å²) in [5.41, 5.74) is -0.212. The summed E-state index contributed by atoms with van der Waals surface area (Å²) in [7, 11) is 0. The van der Waals surface area contributed by atoms with Crippen molar-refractivity contribution in [3.05, 3.63) is 10.5 Å². The molecule has 6 rings (SSSR count). The summed E-state index contributed by atoms with van der Waals surface area (Å²) in [6.07, 6.45) is 9.59. The van der Waals surface area contributed by atoms with Crippen LogP contribution in [0.25, 0.3) is 0 Å². The number of hydrogen-bond acceptors (Lipinski definition) is 5. The molecule has 2 N–H and O–H groups in total. The van der Waals surface area contributed by atoms with Gasteiger partial charge >= 0.3 is 5.69 Å². The second-order valence-electron chi connectivity index (χ2n) is 9.50. The van der Waals surface area contributed by atoms with E-state index in [4.69, 9.17) is 4.74 Å². The molecule has 28 heavy (non-hydrogen) atoms. The average Bonchev–Trinajstić information content (AvgIpc) is 3.25. The molecule has 1 aromatic heterocycles. The van der Waals surface area contributed by atoms with Crippen molar-refractivity contribution in [1.82, 2.24) is 20.1 Å². The van der Waals surface area contributed by atoms with Crippen molar-refractivity contribution in [1.29, 1.82) is 0 Å². The van der Waals surface area contributed by atoms with Crippen LogP contribution in [0.4, 0.5) is 0 Å². The number of amides is 1. The number of nitrogens with one attached hydrogen (secondary N) is 2. The predicted octanol–water partition coefficient (Wildman–Crippen LogP) is 2.32. The van der Waals surface area contributed by atoms with Gasteiger partial charge in [-0.15, -0.1) is 5.10 Å². The number of H-pyrrole nitrogens is 1. The van der Waals surface area contributed by atoms with Crippen LogP contribution in [0.2, 0.25) is 0 Å². The van der Waals surface area contributed by atoms with E-state index in [1.807, 2.05) is 6.92 Å². The fourth-order valence-electron chi connectivity index (χ4n) is 6.38. The Labute approximate surface area is 169 Å². The van der Waals surface area contributed by atoms with Gasteiger partial charge in [-0.05, 0) is 76.0 Å². The third kappa shape index (κ3) is 3.54. The molecule has 4 aliphatic carbocycles. The largest absolute Gasteiger partial charge is 0.376 e. The third-order valence-electron chi connectivity index (χ3n) is 7.21. The topological polar surface area (TPSA) is 89.0 Å². The summed E-state index contributed by atoms with van der Waals surface area (Å²) in [5, 5.41) is 10.4. The highest BCUT2D eigenvalue weighted by atomic mass is 32.2. The highest BCUT2D eigenvalue weighted by molar-refractivity contribution is 8.00. The van der Waals surface area contributed by atoms with E-state index in [9.17, 15) is 9.59 Å². The van der Waals surface area contributed by atoms with E-state index in [1.165, 1.54) is 31.0 Å². The molecule has 1 saturated heterocycles. The smallest absolute Gasteiger partial charge is 0.344 e. The molecular weight excluding hydrogens is 376 g/mol. The minimum Gasteiger partial charge on any atom is -0.376 e. The first-order chi connectivity index (χ1) is 13.5. The first kappa shape index (κ1) is 18.7. The van der Waals surface area contributed by atoms with Crippen LogP contribution >= 0.6 is 11.8 Å². The molecule has 1 amide bonds. The Morgan fingerprint density at radius 1 is 1.32 bits per heavy atom. The molecule has 5 fully saturated rings. The number of thioether (sulfide) groups is 1. The lowest BCUT2D eigenvalue weighted by Crippen LogP contribution is -2.60. The summed E-state index contributed by atoms with van der Waals surface area (Å²) in [6.45, 7) is 3.17. The SMILES string of the molecule is CC(Sc1n[nH]c(=O)n1CC1CCCO1)C(=O)NC12CC3CC(CC(C3)C1)C2. The van der Waals surface area contributed by atoms with Crippen LogP contribution in [0.1, 0.15) is 58.3 Å². The summed E-state index contributed by atoms with van der Waals surface area (Å²) in [5.74, 6) is 2.48. The van der Waals surface area contributed by atoms with E-state index < -0.39 is 0 Å². The van der Waals surface area contributed by atoms with E-state index >= 15 is 0 Å². The van der Waals surface area contributed by atoms with Gasteiger partial charge in [0.05, 0.1) is 17.9 Å². The van der Waals surface area contributed by atoms with Crippen molar-refractivity contribution < 1.29 is 9.53 Å². The normalized spacial score (nSPS) is 37.3. The van der Waals surface area contributed by atoms with Gasteiger partial charge < -0.3 is 10.1 Å². The molecule has 0 aromatic carbocycles. The molecule has 0 radical (unpaired) electrons. The van der Waals surface area contributed by atoms with Crippen molar-refractivity contribution in [2.24, 2.45) is 17.8 Å². The minimum absolute atomic E-state index is 0.0174. The number of hydrogen-bond donors (Lipinski definition) is 2. The van der Waals surface area contributed by atoms with Gasteiger partial charge in [-0.2, -0.15) is 0 Å². The molecule has 154 valence electrons. The maximum absolute atomic E-state index is 13.0. The zero-order chi connectivity index (χ0) is 19.3. The molecule has 2 atom stereocenters. The Hall–Kier alpha value is -1.28. The fourth-order valence-corrected chi connectivity index (χ4v) is 7.25. The summed E-state index contributed by atoms with van der Waals surface area (Å²) >= 11 is 1.36. The Kier molecular flexibility index (Phi) is 4.82. The Bertz CT molecular complexity index is 762. The number of rotatable bonds is 6. The van der Waals surface area contributed by atoms with Crippen molar-refractivity contribution in [2.45, 2.75) is 86.9 Å². The summed E-state index contributed by atoms with van der Waals surface area (Å²) in [6, 6.07) is 0. The maximum atomic E-state index is 13.0. The zero-order valence-electron chi connectivity index (χ0n) is 16.5. The second-order valence-corrected chi connectivity index (χ2v) is 10.8. The van der Waals surface area contributed by atoms with Gasteiger partial charge in [0, 0.05) is 12.1 Å². The first-order valence-electron chi connectivity index (χ1n) is 10.8. The molecule has 4 bridgehead atoms. The summed E-state index contributed by atoms with van der Waals surface area (Å²) < 4.78 is 7.28. The van der Waals surface area contributed by atoms with Gasteiger partial charge in [0.1, 0.15) is 0 Å². The Morgan fingerprint density at radius 3 is 2.61 bits per heavy atom. The Balaban J connectivity index is 1.24. The van der Waals surface area contributed by atoms with Crippen molar-refractivity contribution >= 4 is 17.7 Å². The van der Waals surface area contributed by atoms with E-state index in [0.29, 0.717) is 11.7 Å². The lowest BCUT2D eigenvalue weighted by molar-refractivity contribution is -0.126. The van der Waals surface area contributed by atoms with Gasteiger partial charge in [-0.1, -0.05) is 11.8 Å². The highest BCUT2D eigenvalue weighted by Gasteiger charge is 2.51. The summed E-state index contributed by atoms with van der Waals surface area (Å²) in [4.78, 5) is 25.2. The fraction of sp³-hybridized carbons (Fsp3) is 0.850. The van der Waals surface area contributed by atoms with Crippen LogP contribution in [-0.2, 0) is 16.1 Å². The maximum Gasteiger partial charge on any atom is 0.344 e. The minimum atomic E-state index is -0.286. The first-order valence-corrected chi connectivity index (χ1v) is 11.6. The molecule has 7 nitrogen and oxygen atoms in total. The number of nitrogens with zero attached hydrogens (tertiary/aromatic N) is 2. The molecule has 1 aromatic rings. The zero-order valence-corrected chi connectivity index (χ0v) is 17.3. The van der Waals surface area contributed by atoms with Crippen LogP contribution in [0, 0.1) is 17.8 Å². The number of aromatic nitrogens is 3. The van der Waals surface area contributed by atoms with Crippen molar-refractivity contribution in [2.75, 3.05) is 6.61 Å². The number of carbonyl (C=O) groups is 1. The van der Waals surface area contributed by atoms with Gasteiger partial charge in [0.25, 0.3) is 0 Å². The van der Waals surface area contributed by atoms with E-state index in [1.54, 1.807) is 4.57 Å². The number of aromatic amines is 1. The van der Waals surface area contributed by atoms with Crippen molar-refractivity contribution in [3.8, 4) is 0 Å². The van der Waals surface area contributed by atoms with Crippen LogP contribution in [-0.4, -0.2) is 44.2 Å². The third-order valence-corrected chi connectivity index (χ3v) is 8.30. The molecule has 4 saturated carbocycles. The number of carbonyl (C=O) groups excluding carboxylic acids is 1. The van der Waals surface area contributed by atoms with Gasteiger partial charge in [0.15, 0.2) is 5.16 Å². The van der Waals surface area contributed by atoms with Crippen LogP contribution < -0.4 is 11.0 Å². The van der Waals surface area contributed by atoms with Crippen LogP contribution in [0.3, 0.4) is 0 Å². The van der Waals surface area contributed by atoms with E-state index in [2.05, 4.69) is 15.5 Å². The van der Waals surface area contributed by atoms with E-state index in [0.717, 1.165) is 56.5 Å². The lowest BCUT2D eigenvalue weighted by Gasteiger charge is -2.57.